The van der Waals surface area contributed by atoms with Gasteiger partial charge in [0.05, 0.1) is 11.5 Å². The first-order valence-corrected chi connectivity index (χ1v) is 5.90. The minimum atomic E-state index is -0.549. The van der Waals surface area contributed by atoms with Gasteiger partial charge in [0.15, 0.2) is 0 Å². The maximum Gasteiger partial charge on any atom is 0.341 e. The number of thiocarbonyl (C=S) groups is 1. The number of hydrogen-bond donors (Lipinski definition) is 2. The lowest BCUT2D eigenvalue weighted by molar-refractivity contribution is -0.304. The number of rotatable bonds is 5. The van der Waals surface area contributed by atoms with Crippen LogP contribution in [0.1, 0.15) is 12.5 Å². The molecule has 0 aliphatic rings. The molecule has 1 aromatic rings. The van der Waals surface area contributed by atoms with Crippen molar-refractivity contribution in [2.45, 2.75) is 13.8 Å². The fourth-order valence-electron chi connectivity index (χ4n) is 1.11. The van der Waals surface area contributed by atoms with Gasteiger partial charge in [0.2, 0.25) is 0 Å². The van der Waals surface area contributed by atoms with Gasteiger partial charge in [-0.3, -0.25) is 4.89 Å². The molecule has 1 aromatic carbocycles. The normalized spacial score (nSPS) is 9.94. The van der Waals surface area contributed by atoms with Crippen molar-refractivity contribution in [1.82, 2.24) is 5.48 Å². The van der Waals surface area contributed by atoms with Gasteiger partial charge in [0, 0.05) is 17.6 Å². The van der Waals surface area contributed by atoms with Crippen LogP contribution in [0, 0.1) is 6.92 Å². The van der Waals surface area contributed by atoms with E-state index in [9.17, 15) is 4.79 Å². The Balaban J connectivity index is 2.40. The molecule has 5 nitrogen and oxygen atoms in total. The molecule has 0 heterocycles. The average molecular weight is 289 g/mol. The van der Waals surface area contributed by atoms with Crippen molar-refractivity contribution < 1.29 is 14.7 Å². The molecule has 0 amide bonds. The van der Waals surface area contributed by atoms with E-state index in [-0.39, 0.29) is 6.54 Å². The molecule has 98 valence electrons. The second kappa shape index (κ2) is 7.27. The molecular weight excluding hydrogens is 276 g/mol. The van der Waals surface area contributed by atoms with Crippen LogP contribution < -0.4 is 10.8 Å². The van der Waals surface area contributed by atoms with Crippen LogP contribution in [0.15, 0.2) is 18.2 Å². The van der Waals surface area contributed by atoms with Crippen LogP contribution in [0.2, 0.25) is 5.02 Å². The van der Waals surface area contributed by atoms with Crippen molar-refractivity contribution in [3.8, 4) is 0 Å². The largest absolute Gasteiger partial charge is 0.349 e. The highest BCUT2D eigenvalue weighted by atomic mass is 35.5. The summed E-state index contributed by atoms with van der Waals surface area (Å²) < 4.78 is 0. The highest BCUT2D eigenvalue weighted by Gasteiger charge is 2.03. The van der Waals surface area contributed by atoms with Gasteiger partial charge in [-0.2, -0.15) is 5.48 Å². The summed E-state index contributed by atoms with van der Waals surface area (Å²) in [5.41, 5.74) is 4.23. The molecule has 0 saturated carbocycles. The number of anilines is 1. The molecule has 0 fully saturated rings. The maximum atomic E-state index is 10.4. The number of hydrogen-bond acceptors (Lipinski definition) is 5. The highest BCUT2D eigenvalue weighted by molar-refractivity contribution is 7.80. The van der Waals surface area contributed by atoms with E-state index in [1.807, 2.05) is 13.0 Å². The Bertz CT molecular complexity index is 454. The van der Waals surface area contributed by atoms with E-state index < -0.39 is 5.97 Å². The van der Waals surface area contributed by atoms with E-state index in [0.717, 1.165) is 11.3 Å². The van der Waals surface area contributed by atoms with Crippen molar-refractivity contribution in [2.24, 2.45) is 0 Å². The standard InChI is InChI=1S/C11H13ClN2O3S/c1-7-3-4-9(12)5-10(7)14-11(18)6-13-17-16-8(2)15/h3-5,13H,6H2,1-2H3,(H,14,18). The monoisotopic (exact) mass is 288 g/mol. The van der Waals surface area contributed by atoms with Crippen LogP contribution >= 0.6 is 23.8 Å². The van der Waals surface area contributed by atoms with Crippen LogP contribution in [-0.4, -0.2) is 17.5 Å². The topological polar surface area (TPSA) is 59.6 Å². The molecule has 1 rings (SSSR count). The summed E-state index contributed by atoms with van der Waals surface area (Å²) in [6, 6.07) is 5.46. The van der Waals surface area contributed by atoms with Gasteiger partial charge in [0.25, 0.3) is 0 Å². The summed E-state index contributed by atoms with van der Waals surface area (Å²) in [5, 5.41) is 3.62. The fraction of sp³-hybridized carbons (Fsp3) is 0.273. The predicted molar refractivity (Wildman–Crippen MR) is 73.3 cm³/mol. The van der Waals surface area contributed by atoms with Crippen molar-refractivity contribution in [2.75, 3.05) is 11.9 Å². The number of aryl methyl sites for hydroxylation is 1. The van der Waals surface area contributed by atoms with Crippen molar-refractivity contribution in [3.05, 3.63) is 28.8 Å². The smallest absolute Gasteiger partial charge is 0.341 e. The third kappa shape index (κ3) is 5.42. The summed E-state index contributed by atoms with van der Waals surface area (Å²) in [4.78, 5) is 19.5. The molecule has 0 saturated heterocycles. The van der Waals surface area contributed by atoms with E-state index in [2.05, 4.69) is 20.7 Å². The average Bonchev–Trinajstić information content (AvgIpc) is 2.29. The van der Waals surface area contributed by atoms with Gasteiger partial charge in [-0.15, -0.1) is 0 Å². The van der Waals surface area contributed by atoms with Gasteiger partial charge in [0.1, 0.15) is 0 Å². The van der Waals surface area contributed by atoms with Gasteiger partial charge in [-0.05, 0) is 24.6 Å². The Morgan fingerprint density at radius 3 is 2.89 bits per heavy atom. The quantitative estimate of drug-likeness (QED) is 0.375. The van der Waals surface area contributed by atoms with Crippen molar-refractivity contribution >= 4 is 40.5 Å². The molecule has 0 unspecified atom stereocenters. The molecule has 0 atom stereocenters. The molecule has 0 bridgehead atoms. The first-order chi connectivity index (χ1) is 8.49. The van der Waals surface area contributed by atoms with E-state index in [1.165, 1.54) is 6.92 Å². The zero-order valence-corrected chi connectivity index (χ0v) is 11.5. The molecule has 7 heteroatoms. The molecule has 0 aliphatic heterocycles. The lowest BCUT2D eigenvalue weighted by atomic mass is 10.2. The zero-order valence-electron chi connectivity index (χ0n) is 9.95. The first kappa shape index (κ1) is 14.8. The van der Waals surface area contributed by atoms with Crippen molar-refractivity contribution in [1.29, 1.82) is 0 Å². The fourth-order valence-corrected chi connectivity index (χ4v) is 1.45. The molecule has 0 radical (unpaired) electrons. The minimum Gasteiger partial charge on any atom is -0.349 e. The molecule has 2 N–H and O–H groups in total. The summed E-state index contributed by atoms with van der Waals surface area (Å²) in [6.07, 6.45) is 0. The van der Waals surface area contributed by atoms with Crippen LogP contribution in [0.4, 0.5) is 5.69 Å². The van der Waals surface area contributed by atoms with Gasteiger partial charge < -0.3 is 5.32 Å². The van der Waals surface area contributed by atoms with E-state index >= 15 is 0 Å². The second-order valence-electron chi connectivity index (χ2n) is 3.49. The Labute approximate surface area is 115 Å². The summed E-state index contributed by atoms with van der Waals surface area (Å²) in [6.45, 7) is 3.37. The first-order valence-electron chi connectivity index (χ1n) is 5.12. The van der Waals surface area contributed by atoms with E-state index in [0.29, 0.717) is 10.0 Å². The third-order valence-electron chi connectivity index (χ3n) is 1.92. The molecule has 0 aliphatic carbocycles. The second-order valence-corrected chi connectivity index (χ2v) is 4.42. The lowest BCUT2D eigenvalue weighted by Gasteiger charge is -2.11. The predicted octanol–water partition coefficient (Wildman–Crippen LogP) is 2.39. The highest BCUT2D eigenvalue weighted by Crippen LogP contribution is 2.20. The van der Waals surface area contributed by atoms with Gasteiger partial charge >= 0.3 is 5.97 Å². The number of carbonyl (C=O) groups is 1. The summed E-state index contributed by atoms with van der Waals surface area (Å²) in [5.74, 6) is -0.549. The number of carbonyl (C=O) groups excluding carboxylic acids is 1. The van der Waals surface area contributed by atoms with E-state index in [1.54, 1.807) is 12.1 Å². The summed E-state index contributed by atoms with van der Waals surface area (Å²) >= 11 is 11.0. The van der Waals surface area contributed by atoms with Gasteiger partial charge in [-0.1, -0.05) is 34.9 Å². The Kier molecular flexibility index (Phi) is 6.00. The van der Waals surface area contributed by atoms with Crippen LogP contribution in [0.25, 0.3) is 0 Å². The number of benzene rings is 1. The van der Waals surface area contributed by atoms with Crippen LogP contribution in [0.5, 0.6) is 0 Å². The maximum absolute atomic E-state index is 10.4. The summed E-state index contributed by atoms with van der Waals surface area (Å²) in [7, 11) is 0. The zero-order chi connectivity index (χ0) is 13.5. The SMILES string of the molecule is CC(=O)OONCC(=S)Nc1cc(Cl)ccc1C. The lowest BCUT2D eigenvalue weighted by Crippen LogP contribution is -2.27. The van der Waals surface area contributed by atoms with Crippen LogP contribution in [0.3, 0.4) is 0 Å². The van der Waals surface area contributed by atoms with Crippen LogP contribution in [-0.2, 0) is 14.7 Å². The Hall–Kier alpha value is -1.21. The third-order valence-corrected chi connectivity index (χ3v) is 2.41. The Morgan fingerprint density at radius 1 is 1.50 bits per heavy atom. The molecule has 0 aromatic heterocycles. The molecular formula is C11H13ClN2O3S. The number of nitrogens with one attached hydrogen (secondary N) is 2. The number of halogens is 1. The van der Waals surface area contributed by atoms with Crippen molar-refractivity contribution in [3.63, 3.8) is 0 Å². The Morgan fingerprint density at radius 2 is 2.22 bits per heavy atom. The minimum absolute atomic E-state index is 0.203. The molecule has 0 spiro atoms. The number of hydroxylamine groups is 1. The van der Waals surface area contributed by atoms with Gasteiger partial charge in [-0.25, -0.2) is 4.79 Å². The molecule has 18 heavy (non-hydrogen) atoms. The van der Waals surface area contributed by atoms with E-state index in [4.69, 9.17) is 23.8 Å².